The summed E-state index contributed by atoms with van der Waals surface area (Å²) in [6, 6.07) is 70.0. The molecule has 5 heteroatoms. The first-order valence-corrected chi connectivity index (χ1v) is 19.8. The van der Waals surface area contributed by atoms with E-state index in [1.54, 1.807) is 0 Å². The zero-order chi connectivity index (χ0) is 38.9. The van der Waals surface area contributed by atoms with Gasteiger partial charge >= 0.3 is 0 Å². The molecule has 0 spiro atoms. The van der Waals surface area contributed by atoms with Gasteiger partial charge in [-0.05, 0) is 123 Å². The van der Waals surface area contributed by atoms with E-state index in [1.165, 1.54) is 21.9 Å². The molecule has 0 N–H and O–H groups in total. The Morgan fingerprint density at radius 1 is 0.322 bits per heavy atom. The van der Waals surface area contributed by atoms with Crippen molar-refractivity contribution in [1.82, 2.24) is 14.5 Å². The zero-order valence-corrected chi connectivity index (χ0v) is 31.7. The Morgan fingerprint density at radius 2 is 0.763 bits per heavy atom. The average Bonchev–Trinajstić information content (AvgIpc) is 4.03. The van der Waals surface area contributed by atoms with Crippen LogP contribution in [0.1, 0.15) is 0 Å². The highest BCUT2D eigenvalue weighted by Crippen LogP contribution is 2.39. The van der Waals surface area contributed by atoms with Gasteiger partial charge in [-0.2, -0.15) is 0 Å². The summed E-state index contributed by atoms with van der Waals surface area (Å²) < 4.78 is 15.3. The Hall–Kier alpha value is -8.02. The van der Waals surface area contributed by atoms with Crippen molar-refractivity contribution in [3.05, 3.63) is 200 Å². The molecule has 12 aromatic rings. The quantitative estimate of drug-likeness (QED) is 0.170. The van der Waals surface area contributed by atoms with Crippen molar-refractivity contribution < 1.29 is 8.83 Å². The predicted octanol–water partition coefficient (Wildman–Crippen LogP) is 14.6. The van der Waals surface area contributed by atoms with Gasteiger partial charge in [-0.1, -0.05) is 121 Å². The topological polar surface area (TPSA) is 57.0 Å². The number of aromatic nitrogens is 3. The standard InChI is InChI=1S/C54H33N3O2/c1-3-9-34(10-4-1)40-19-25-47-51(32-40)58-53(55-47)42-21-27-49-45(30-42)46-31-43(54-56-48-26-20-41(33-52(48)59-54)35-11-5-2-6-12-35)22-28-50(46)57(49)44-23-17-37(18-24-44)39-16-15-36-13-7-8-14-38(36)29-39/h1-33H. The molecule has 0 bridgehead atoms. The number of rotatable bonds is 6. The first-order chi connectivity index (χ1) is 29.2. The lowest BCUT2D eigenvalue weighted by Gasteiger charge is -2.10. The number of nitrogens with zero attached hydrogens (tertiary/aromatic N) is 3. The van der Waals surface area contributed by atoms with Crippen LogP contribution in [0.4, 0.5) is 0 Å². The molecule has 5 nitrogen and oxygen atoms in total. The molecule has 0 aliphatic heterocycles. The first-order valence-electron chi connectivity index (χ1n) is 19.8. The molecule has 0 unspecified atom stereocenters. The third-order valence-electron chi connectivity index (χ3n) is 11.5. The maximum atomic E-state index is 6.48. The lowest BCUT2D eigenvalue weighted by molar-refractivity contribution is 0.619. The van der Waals surface area contributed by atoms with Crippen LogP contribution in [0.3, 0.4) is 0 Å². The van der Waals surface area contributed by atoms with Crippen molar-refractivity contribution >= 4 is 54.8 Å². The lowest BCUT2D eigenvalue weighted by atomic mass is 10.0. The number of hydrogen-bond donors (Lipinski definition) is 0. The van der Waals surface area contributed by atoms with Crippen LogP contribution in [0.15, 0.2) is 209 Å². The van der Waals surface area contributed by atoms with Crippen LogP contribution in [-0.4, -0.2) is 14.5 Å². The van der Waals surface area contributed by atoms with Gasteiger partial charge in [0, 0.05) is 27.6 Å². The van der Waals surface area contributed by atoms with Crippen LogP contribution in [0.25, 0.3) is 117 Å². The zero-order valence-electron chi connectivity index (χ0n) is 31.7. The normalized spacial score (nSPS) is 11.7. The van der Waals surface area contributed by atoms with E-state index in [4.69, 9.17) is 18.8 Å². The largest absolute Gasteiger partial charge is 0.436 e. The van der Waals surface area contributed by atoms with Crippen molar-refractivity contribution in [3.63, 3.8) is 0 Å². The highest BCUT2D eigenvalue weighted by molar-refractivity contribution is 6.11. The van der Waals surface area contributed by atoms with E-state index in [0.29, 0.717) is 11.8 Å². The molecular weight excluding hydrogens is 723 g/mol. The van der Waals surface area contributed by atoms with E-state index < -0.39 is 0 Å². The third-order valence-corrected chi connectivity index (χ3v) is 11.5. The van der Waals surface area contributed by atoms with Crippen molar-refractivity contribution in [2.75, 3.05) is 0 Å². The molecule has 0 aliphatic rings. The van der Waals surface area contributed by atoms with Crippen molar-refractivity contribution in [3.8, 4) is 62.0 Å². The second kappa shape index (κ2) is 13.3. The molecule has 0 saturated carbocycles. The van der Waals surface area contributed by atoms with Gasteiger partial charge in [-0.15, -0.1) is 0 Å². The number of benzene rings is 9. The van der Waals surface area contributed by atoms with E-state index in [-0.39, 0.29) is 0 Å². The monoisotopic (exact) mass is 755 g/mol. The predicted molar refractivity (Wildman–Crippen MR) is 241 cm³/mol. The first kappa shape index (κ1) is 33.2. The van der Waals surface area contributed by atoms with Crippen LogP contribution in [0, 0.1) is 0 Å². The maximum Gasteiger partial charge on any atom is 0.227 e. The van der Waals surface area contributed by atoms with Crippen LogP contribution in [0.2, 0.25) is 0 Å². The summed E-state index contributed by atoms with van der Waals surface area (Å²) in [6.07, 6.45) is 0. The molecule has 0 fully saturated rings. The Labute approximate surface area is 339 Å². The van der Waals surface area contributed by atoms with E-state index in [0.717, 1.165) is 83.1 Å². The number of fused-ring (bicyclic) bond motifs is 6. The maximum absolute atomic E-state index is 6.48. The summed E-state index contributed by atoms with van der Waals surface area (Å²) >= 11 is 0. The Kier molecular flexibility index (Phi) is 7.47. The fourth-order valence-corrected chi connectivity index (χ4v) is 8.46. The highest BCUT2D eigenvalue weighted by atomic mass is 16.4. The average molecular weight is 756 g/mol. The highest BCUT2D eigenvalue weighted by Gasteiger charge is 2.19. The molecule has 0 atom stereocenters. The van der Waals surface area contributed by atoms with E-state index in [1.807, 2.05) is 48.5 Å². The number of oxazole rings is 2. The SMILES string of the molecule is c1ccc(-c2ccc3nc(-c4ccc5c(c4)c4cc(-c6nc7ccc(-c8ccccc8)cc7o6)ccc4n5-c4ccc(-c5ccc6ccccc6c5)cc4)oc3c2)cc1. The third kappa shape index (κ3) is 5.71. The van der Waals surface area contributed by atoms with Gasteiger partial charge < -0.3 is 13.4 Å². The second-order valence-electron chi connectivity index (χ2n) is 15.0. The molecule has 276 valence electrons. The second-order valence-corrected chi connectivity index (χ2v) is 15.0. The summed E-state index contributed by atoms with van der Waals surface area (Å²) in [7, 11) is 0. The molecule has 0 radical (unpaired) electrons. The van der Waals surface area contributed by atoms with Crippen LogP contribution in [0.5, 0.6) is 0 Å². The van der Waals surface area contributed by atoms with Crippen LogP contribution in [-0.2, 0) is 0 Å². The van der Waals surface area contributed by atoms with E-state index >= 15 is 0 Å². The minimum absolute atomic E-state index is 0.581. The van der Waals surface area contributed by atoms with Gasteiger partial charge in [0.05, 0.1) is 11.0 Å². The molecular formula is C54H33N3O2. The summed E-state index contributed by atoms with van der Waals surface area (Å²) in [5, 5.41) is 4.62. The van der Waals surface area contributed by atoms with Gasteiger partial charge in [0.1, 0.15) is 11.0 Å². The van der Waals surface area contributed by atoms with E-state index in [2.05, 4.69) is 156 Å². The van der Waals surface area contributed by atoms with Gasteiger partial charge in [0.2, 0.25) is 11.8 Å². The van der Waals surface area contributed by atoms with Crippen LogP contribution >= 0.6 is 0 Å². The summed E-state index contributed by atoms with van der Waals surface area (Å²) in [5.74, 6) is 1.16. The molecule has 0 amide bonds. The Morgan fingerprint density at radius 3 is 1.32 bits per heavy atom. The van der Waals surface area contributed by atoms with Crippen molar-refractivity contribution in [2.24, 2.45) is 0 Å². The Bertz CT molecular complexity index is 3370. The molecule has 3 aromatic heterocycles. The summed E-state index contributed by atoms with van der Waals surface area (Å²) in [4.78, 5) is 9.89. The van der Waals surface area contributed by atoms with Gasteiger partial charge in [0.25, 0.3) is 0 Å². The van der Waals surface area contributed by atoms with E-state index in [9.17, 15) is 0 Å². The molecule has 3 heterocycles. The van der Waals surface area contributed by atoms with Crippen molar-refractivity contribution in [1.29, 1.82) is 0 Å². The minimum Gasteiger partial charge on any atom is -0.436 e. The number of hydrogen-bond acceptors (Lipinski definition) is 4. The van der Waals surface area contributed by atoms with Gasteiger partial charge in [-0.25, -0.2) is 9.97 Å². The summed E-state index contributed by atoms with van der Waals surface area (Å²) in [5.41, 5.74) is 15.0. The molecule has 0 saturated heterocycles. The van der Waals surface area contributed by atoms with Crippen molar-refractivity contribution in [2.45, 2.75) is 0 Å². The Balaban J connectivity index is 0.991. The molecule has 59 heavy (non-hydrogen) atoms. The van der Waals surface area contributed by atoms with Gasteiger partial charge in [0.15, 0.2) is 11.2 Å². The lowest BCUT2D eigenvalue weighted by Crippen LogP contribution is -1.94. The molecule has 9 aromatic carbocycles. The molecule has 12 rings (SSSR count). The van der Waals surface area contributed by atoms with Gasteiger partial charge in [-0.3, -0.25) is 0 Å². The molecule has 0 aliphatic carbocycles. The fourth-order valence-electron chi connectivity index (χ4n) is 8.46. The minimum atomic E-state index is 0.581. The smallest absolute Gasteiger partial charge is 0.227 e. The van der Waals surface area contributed by atoms with Crippen LogP contribution < -0.4 is 0 Å². The fraction of sp³-hybridized carbons (Fsp3) is 0. The summed E-state index contributed by atoms with van der Waals surface area (Å²) in [6.45, 7) is 0.